The molecule has 1 N–H and O–H groups in total. The third-order valence-corrected chi connectivity index (χ3v) is 5.10. The second-order valence-corrected chi connectivity index (χ2v) is 7.57. The van der Waals surface area contributed by atoms with Gasteiger partial charge in [0.1, 0.15) is 12.4 Å². The van der Waals surface area contributed by atoms with Gasteiger partial charge in [-0.2, -0.15) is 0 Å². The van der Waals surface area contributed by atoms with Gasteiger partial charge in [0, 0.05) is 18.4 Å². The van der Waals surface area contributed by atoms with Gasteiger partial charge in [-0.25, -0.2) is 4.98 Å². The number of benzene rings is 3. The first-order valence-electron chi connectivity index (χ1n) is 9.50. The van der Waals surface area contributed by atoms with Gasteiger partial charge in [-0.1, -0.05) is 53.5 Å². The number of nitrogens with one attached hydrogen (secondary N) is 1. The minimum absolute atomic E-state index is 0. The van der Waals surface area contributed by atoms with Crippen molar-refractivity contribution in [2.24, 2.45) is 0 Å². The van der Waals surface area contributed by atoms with Crippen LogP contribution in [0.2, 0.25) is 10.0 Å². The van der Waals surface area contributed by atoms with Gasteiger partial charge >= 0.3 is 35.5 Å². The average molecular weight is 477 g/mol. The van der Waals surface area contributed by atoms with E-state index in [0.29, 0.717) is 32.9 Å². The zero-order chi connectivity index (χ0) is 21.8. The molecule has 0 amide bonds. The molecular formula is C24H19Cl2N2NaO3. The Kier molecular flexibility index (Phi) is 8.40. The fourth-order valence-corrected chi connectivity index (χ4v) is 3.52. The van der Waals surface area contributed by atoms with E-state index in [0.717, 1.165) is 16.6 Å². The standard InChI is InChI=1S/C24H18Cl2N2O3.Na.H/c1-15(29)31-23-13-18(11-12-22(23)28-24-19(25)6-4-7-20(24)26)30-14-17-10-9-16-5-2-3-8-21(16)27-17;;/h2-13,28H,14H2,1H3;;. The zero-order valence-corrected chi connectivity index (χ0v) is 18.1. The van der Waals surface area contributed by atoms with Crippen molar-refractivity contribution < 1.29 is 14.3 Å². The maximum atomic E-state index is 11.6. The van der Waals surface area contributed by atoms with Crippen molar-refractivity contribution >= 4 is 81.0 Å². The van der Waals surface area contributed by atoms with Crippen LogP contribution in [0.1, 0.15) is 12.6 Å². The van der Waals surface area contributed by atoms with Crippen LogP contribution in [0.4, 0.5) is 11.4 Å². The summed E-state index contributed by atoms with van der Waals surface area (Å²) in [6, 6.07) is 22.1. The predicted molar refractivity (Wildman–Crippen MR) is 131 cm³/mol. The number of aromatic nitrogens is 1. The molecule has 4 aromatic rings. The van der Waals surface area contributed by atoms with Gasteiger partial charge in [-0.05, 0) is 36.4 Å². The Morgan fingerprint density at radius 1 is 0.969 bits per heavy atom. The van der Waals surface area contributed by atoms with Crippen molar-refractivity contribution in [1.82, 2.24) is 4.98 Å². The Morgan fingerprint density at radius 2 is 1.72 bits per heavy atom. The van der Waals surface area contributed by atoms with Crippen LogP contribution in [0, 0.1) is 0 Å². The van der Waals surface area contributed by atoms with Crippen LogP contribution < -0.4 is 14.8 Å². The van der Waals surface area contributed by atoms with E-state index in [1.807, 2.05) is 36.4 Å². The Hall–Kier alpha value is -2.28. The van der Waals surface area contributed by atoms with Crippen LogP contribution in [-0.4, -0.2) is 40.5 Å². The van der Waals surface area contributed by atoms with Crippen molar-refractivity contribution in [2.45, 2.75) is 13.5 Å². The number of carbonyl (C=O) groups excluding carboxylic acids is 1. The summed E-state index contributed by atoms with van der Waals surface area (Å²) in [4.78, 5) is 16.2. The van der Waals surface area contributed by atoms with E-state index in [2.05, 4.69) is 10.3 Å². The summed E-state index contributed by atoms with van der Waals surface area (Å²) < 4.78 is 11.2. The summed E-state index contributed by atoms with van der Waals surface area (Å²) >= 11 is 12.5. The molecule has 0 aliphatic heterocycles. The predicted octanol–water partition coefficient (Wildman–Crippen LogP) is 6.14. The number of halogens is 2. The van der Waals surface area contributed by atoms with E-state index >= 15 is 0 Å². The number of ether oxygens (including phenoxy) is 2. The first kappa shape index (κ1) is 24.4. The molecule has 0 radical (unpaired) electrons. The molecule has 0 bridgehead atoms. The van der Waals surface area contributed by atoms with Gasteiger partial charge in [0.15, 0.2) is 5.75 Å². The molecule has 1 aromatic heterocycles. The Labute approximate surface area is 218 Å². The average Bonchev–Trinajstić information content (AvgIpc) is 2.75. The van der Waals surface area contributed by atoms with Crippen LogP contribution in [0.25, 0.3) is 10.9 Å². The molecule has 158 valence electrons. The Morgan fingerprint density at radius 3 is 2.47 bits per heavy atom. The molecule has 4 rings (SSSR count). The van der Waals surface area contributed by atoms with Crippen molar-refractivity contribution in [3.8, 4) is 11.5 Å². The molecule has 0 saturated heterocycles. The van der Waals surface area contributed by atoms with E-state index < -0.39 is 5.97 Å². The fraction of sp³-hybridized carbons (Fsp3) is 0.0833. The quantitative estimate of drug-likeness (QED) is 0.205. The van der Waals surface area contributed by atoms with Crippen molar-refractivity contribution in [3.63, 3.8) is 0 Å². The van der Waals surface area contributed by atoms with Crippen LogP contribution in [0.3, 0.4) is 0 Å². The normalized spacial score (nSPS) is 10.3. The molecule has 5 nitrogen and oxygen atoms in total. The number of rotatable bonds is 6. The van der Waals surface area contributed by atoms with Gasteiger partial charge in [0.2, 0.25) is 0 Å². The molecule has 0 saturated carbocycles. The number of esters is 1. The Balaban J connectivity index is 0.00000289. The second-order valence-electron chi connectivity index (χ2n) is 6.76. The summed E-state index contributed by atoms with van der Waals surface area (Å²) in [6.07, 6.45) is 0. The van der Waals surface area contributed by atoms with Gasteiger partial charge < -0.3 is 14.8 Å². The van der Waals surface area contributed by atoms with Crippen molar-refractivity contribution in [2.75, 3.05) is 5.32 Å². The first-order chi connectivity index (χ1) is 15.0. The molecule has 0 fully saturated rings. The monoisotopic (exact) mass is 476 g/mol. The molecule has 0 spiro atoms. The van der Waals surface area contributed by atoms with E-state index in [4.69, 9.17) is 32.7 Å². The summed E-state index contributed by atoms with van der Waals surface area (Å²) in [6.45, 7) is 1.60. The van der Waals surface area contributed by atoms with Gasteiger partial charge in [0.25, 0.3) is 0 Å². The number of nitrogens with zero attached hydrogens (tertiary/aromatic N) is 1. The molecule has 1 heterocycles. The SMILES string of the molecule is CC(=O)Oc1cc(OCc2ccc3ccccc3n2)ccc1Nc1c(Cl)cccc1Cl.[NaH]. The van der Waals surface area contributed by atoms with Crippen molar-refractivity contribution in [3.05, 3.63) is 88.5 Å². The van der Waals surface area contributed by atoms with E-state index in [1.165, 1.54) is 6.92 Å². The molecular weight excluding hydrogens is 458 g/mol. The van der Waals surface area contributed by atoms with Crippen LogP contribution >= 0.6 is 23.2 Å². The van der Waals surface area contributed by atoms with E-state index in [9.17, 15) is 4.79 Å². The molecule has 0 unspecified atom stereocenters. The molecule has 3 aromatic carbocycles. The minimum atomic E-state index is -0.457. The maximum absolute atomic E-state index is 11.6. The number of anilines is 2. The van der Waals surface area contributed by atoms with Crippen LogP contribution in [0.5, 0.6) is 11.5 Å². The third kappa shape index (κ3) is 5.94. The summed E-state index contributed by atoms with van der Waals surface area (Å²) in [7, 11) is 0. The summed E-state index contributed by atoms with van der Waals surface area (Å²) in [5.74, 6) is 0.371. The molecule has 0 atom stereocenters. The topological polar surface area (TPSA) is 60.5 Å². The first-order valence-corrected chi connectivity index (χ1v) is 10.3. The second kappa shape index (κ2) is 11.0. The zero-order valence-electron chi connectivity index (χ0n) is 16.6. The van der Waals surface area contributed by atoms with E-state index in [-0.39, 0.29) is 36.2 Å². The fourth-order valence-electron chi connectivity index (χ4n) is 3.03. The van der Waals surface area contributed by atoms with Crippen molar-refractivity contribution in [1.29, 1.82) is 0 Å². The number of carbonyl (C=O) groups is 1. The van der Waals surface area contributed by atoms with Crippen LogP contribution in [-0.2, 0) is 11.4 Å². The molecule has 32 heavy (non-hydrogen) atoms. The Bertz CT molecular complexity index is 1250. The number of para-hydroxylation sites is 2. The molecule has 0 aliphatic carbocycles. The molecule has 8 heteroatoms. The van der Waals surface area contributed by atoms with Gasteiger partial charge in [0.05, 0.1) is 32.6 Å². The molecule has 0 aliphatic rings. The van der Waals surface area contributed by atoms with Crippen LogP contribution in [0.15, 0.2) is 72.8 Å². The number of pyridine rings is 1. The van der Waals surface area contributed by atoms with Gasteiger partial charge in [-0.3, -0.25) is 4.79 Å². The summed E-state index contributed by atoms with van der Waals surface area (Å²) in [5.41, 5.74) is 2.74. The number of fused-ring (bicyclic) bond motifs is 1. The number of hydrogen-bond acceptors (Lipinski definition) is 5. The summed E-state index contributed by atoms with van der Waals surface area (Å²) in [5, 5.41) is 5.09. The number of hydrogen-bond donors (Lipinski definition) is 1. The van der Waals surface area contributed by atoms with E-state index in [1.54, 1.807) is 36.4 Å². The van der Waals surface area contributed by atoms with Gasteiger partial charge in [-0.15, -0.1) is 0 Å². The third-order valence-electron chi connectivity index (χ3n) is 4.47.